The van der Waals surface area contributed by atoms with E-state index in [-0.39, 0.29) is 11.7 Å². The maximum atomic E-state index is 11.9. The lowest BCUT2D eigenvalue weighted by molar-refractivity contribution is 0.0922. The van der Waals surface area contributed by atoms with Crippen LogP contribution in [-0.2, 0) is 4.74 Å². The number of furan rings is 1. The van der Waals surface area contributed by atoms with E-state index >= 15 is 0 Å². The van der Waals surface area contributed by atoms with Crippen molar-refractivity contribution in [1.29, 1.82) is 0 Å². The summed E-state index contributed by atoms with van der Waals surface area (Å²) in [5, 5.41) is 3.25. The van der Waals surface area contributed by atoms with Gasteiger partial charge in [0.2, 0.25) is 0 Å². The van der Waals surface area contributed by atoms with E-state index in [1.165, 1.54) is 0 Å². The molecule has 0 atom stereocenters. The summed E-state index contributed by atoms with van der Waals surface area (Å²) >= 11 is 5.88. The summed E-state index contributed by atoms with van der Waals surface area (Å²) < 4.78 is 10.5. The predicted octanol–water partition coefficient (Wildman–Crippen LogP) is 2.95. The lowest BCUT2D eigenvalue weighted by atomic mass is 10.1. The molecule has 0 fully saturated rings. The molecule has 0 aliphatic carbocycles. The molecular weight excluding hydrogens is 292 g/mol. The molecule has 3 N–H and O–H groups in total. The van der Waals surface area contributed by atoms with Crippen molar-refractivity contribution >= 4 is 23.2 Å². The summed E-state index contributed by atoms with van der Waals surface area (Å²) in [4.78, 5) is 11.9. The van der Waals surface area contributed by atoms with E-state index in [9.17, 15) is 4.79 Å². The van der Waals surface area contributed by atoms with Gasteiger partial charge >= 0.3 is 0 Å². The van der Waals surface area contributed by atoms with Crippen molar-refractivity contribution in [3.63, 3.8) is 0 Å². The van der Waals surface area contributed by atoms with Crippen LogP contribution in [0.15, 0.2) is 34.7 Å². The second kappa shape index (κ2) is 7.15. The number of nitrogens with one attached hydrogen (secondary N) is 1. The van der Waals surface area contributed by atoms with Crippen LogP contribution < -0.4 is 11.1 Å². The molecule has 2 rings (SSSR count). The number of amides is 1. The number of nitrogen functional groups attached to an aromatic ring is 1. The molecule has 0 aliphatic heterocycles. The van der Waals surface area contributed by atoms with Crippen LogP contribution in [0.4, 0.5) is 5.69 Å². The minimum Gasteiger partial charge on any atom is -0.451 e. The van der Waals surface area contributed by atoms with Crippen molar-refractivity contribution in [3.8, 4) is 11.3 Å². The normalized spacial score (nSPS) is 10.6. The molecule has 0 saturated heterocycles. The van der Waals surface area contributed by atoms with E-state index < -0.39 is 0 Å². The molecular formula is C15H17ClN2O3. The second-order valence-corrected chi connectivity index (χ2v) is 4.91. The topological polar surface area (TPSA) is 77.5 Å². The van der Waals surface area contributed by atoms with Gasteiger partial charge in [-0.25, -0.2) is 0 Å². The van der Waals surface area contributed by atoms with Crippen LogP contribution in [0.1, 0.15) is 17.0 Å². The van der Waals surface area contributed by atoms with Crippen LogP contribution in [0.2, 0.25) is 5.02 Å². The molecule has 0 unspecified atom stereocenters. The molecule has 1 heterocycles. The quantitative estimate of drug-likeness (QED) is 0.635. The molecule has 0 spiro atoms. The Morgan fingerprint density at radius 1 is 1.38 bits per heavy atom. The Kier molecular flexibility index (Phi) is 5.25. The summed E-state index contributed by atoms with van der Waals surface area (Å²) in [6.07, 6.45) is 0.753. The number of methoxy groups -OCH3 is 1. The Bertz CT molecular complexity index is 625. The minimum atomic E-state index is -0.251. The van der Waals surface area contributed by atoms with Gasteiger partial charge in [0, 0.05) is 25.8 Å². The molecule has 0 aliphatic rings. The fourth-order valence-electron chi connectivity index (χ4n) is 1.82. The van der Waals surface area contributed by atoms with Crippen molar-refractivity contribution in [3.05, 3.63) is 41.1 Å². The monoisotopic (exact) mass is 308 g/mol. The lowest BCUT2D eigenvalue weighted by Crippen LogP contribution is -2.24. The number of benzene rings is 1. The molecule has 1 aromatic carbocycles. The highest BCUT2D eigenvalue weighted by atomic mass is 35.5. The van der Waals surface area contributed by atoms with E-state index in [0.29, 0.717) is 29.6 Å². The molecule has 0 saturated carbocycles. The molecule has 1 aromatic heterocycles. The Labute approximate surface area is 128 Å². The first-order chi connectivity index (χ1) is 10.1. The Balaban J connectivity index is 2.03. The van der Waals surface area contributed by atoms with E-state index in [1.807, 2.05) is 0 Å². The van der Waals surface area contributed by atoms with Gasteiger partial charge in [-0.05, 0) is 36.8 Å². The van der Waals surface area contributed by atoms with Gasteiger partial charge in [-0.2, -0.15) is 0 Å². The summed E-state index contributed by atoms with van der Waals surface area (Å²) in [5.41, 5.74) is 7.00. The van der Waals surface area contributed by atoms with Crippen LogP contribution in [0, 0.1) is 0 Å². The van der Waals surface area contributed by atoms with Gasteiger partial charge in [-0.15, -0.1) is 0 Å². The number of nitrogens with two attached hydrogens (primary N) is 1. The second-order valence-electron chi connectivity index (χ2n) is 4.50. The Morgan fingerprint density at radius 3 is 2.90 bits per heavy atom. The van der Waals surface area contributed by atoms with Crippen molar-refractivity contribution < 1.29 is 13.9 Å². The number of halogens is 1. The minimum absolute atomic E-state index is 0.251. The first kappa shape index (κ1) is 15.4. The number of anilines is 1. The van der Waals surface area contributed by atoms with Gasteiger partial charge in [0.25, 0.3) is 5.91 Å². The highest BCUT2D eigenvalue weighted by Crippen LogP contribution is 2.28. The summed E-state index contributed by atoms with van der Waals surface area (Å²) in [7, 11) is 1.62. The molecule has 112 valence electrons. The van der Waals surface area contributed by atoms with Gasteiger partial charge in [-0.1, -0.05) is 11.6 Å². The van der Waals surface area contributed by atoms with Gasteiger partial charge in [-0.3, -0.25) is 4.79 Å². The number of rotatable bonds is 6. The van der Waals surface area contributed by atoms with Gasteiger partial charge in [0.15, 0.2) is 5.76 Å². The lowest BCUT2D eigenvalue weighted by Gasteiger charge is -2.03. The zero-order valence-electron chi connectivity index (χ0n) is 11.7. The summed E-state index contributed by atoms with van der Waals surface area (Å²) in [6.45, 7) is 1.14. The van der Waals surface area contributed by atoms with Crippen LogP contribution in [0.5, 0.6) is 0 Å². The Morgan fingerprint density at radius 2 is 2.19 bits per heavy atom. The number of hydrogen-bond donors (Lipinski definition) is 2. The van der Waals surface area contributed by atoms with Crippen molar-refractivity contribution in [2.75, 3.05) is 26.0 Å². The predicted molar refractivity (Wildman–Crippen MR) is 82.4 cm³/mol. The average molecular weight is 309 g/mol. The zero-order valence-corrected chi connectivity index (χ0v) is 12.4. The first-order valence-corrected chi connectivity index (χ1v) is 6.92. The SMILES string of the molecule is COCCCNC(=O)c1ccc(-c2ccc(Cl)c(N)c2)o1. The number of hydrogen-bond acceptors (Lipinski definition) is 4. The molecule has 21 heavy (non-hydrogen) atoms. The highest BCUT2D eigenvalue weighted by molar-refractivity contribution is 6.33. The number of carbonyl (C=O) groups is 1. The smallest absolute Gasteiger partial charge is 0.287 e. The van der Waals surface area contributed by atoms with Crippen LogP contribution in [0.25, 0.3) is 11.3 Å². The average Bonchev–Trinajstić information content (AvgIpc) is 2.96. The van der Waals surface area contributed by atoms with Crippen LogP contribution in [0.3, 0.4) is 0 Å². The summed E-state index contributed by atoms with van der Waals surface area (Å²) in [6, 6.07) is 8.55. The molecule has 6 heteroatoms. The van der Waals surface area contributed by atoms with Crippen molar-refractivity contribution in [2.24, 2.45) is 0 Å². The molecule has 1 amide bonds. The standard InChI is InChI=1S/C15H17ClN2O3/c1-20-8-2-7-18-15(19)14-6-5-13(21-14)10-3-4-11(16)12(17)9-10/h3-6,9H,2,7-8,17H2,1H3,(H,18,19). The van der Waals surface area contributed by atoms with Crippen molar-refractivity contribution in [1.82, 2.24) is 5.32 Å². The fraction of sp³-hybridized carbons (Fsp3) is 0.267. The maximum absolute atomic E-state index is 11.9. The Hall–Kier alpha value is -1.98. The maximum Gasteiger partial charge on any atom is 0.287 e. The van der Waals surface area contributed by atoms with Crippen molar-refractivity contribution in [2.45, 2.75) is 6.42 Å². The summed E-state index contributed by atoms with van der Waals surface area (Å²) in [5.74, 6) is 0.579. The third-order valence-corrected chi connectivity index (χ3v) is 3.27. The van der Waals surface area contributed by atoms with E-state index in [2.05, 4.69) is 5.32 Å². The van der Waals surface area contributed by atoms with Gasteiger partial charge in [0.1, 0.15) is 5.76 Å². The highest BCUT2D eigenvalue weighted by Gasteiger charge is 2.12. The largest absolute Gasteiger partial charge is 0.451 e. The van der Waals surface area contributed by atoms with E-state index in [0.717, 1.165) is 12.0 Å². The number of carbonyl (C=O) groups excluding carboxylic acids is 1. The molecule has 2 aromatic rings. The van der Waals surface area contributed by atoms with Crippen LogP contribution >= 0.6 is 11.6 Å². The molecule has 0 bridgehead atoms. The van der Waals surface area contributed by atoms with Crippen LogP contribution in [-0.4, -0.2) is 26.2 Å². The van der Waals surface area contributed by atoms with E-state index in [4.69, 9.17) is 26.5 Å². The number of ether oxygens (including phenoxy) is 1. The van der Waals surface area contributed by atoms with E-state index in [1.54, 1.807) is 37.4 Å². The first-order valence-electron chi connectivity index (χ1n) is 6.54. The fourth-order valence-corrected chi connectivity index (χ4v) is 1.94. The zero-order chi connectivity index (χ0) is 15.2. The van der Waals surface area contributed by atoms with Gasteiger partial charge in [0.05, 0.1) is 10.7 Å². The third kappa shape index (κ3) is 4.00. The molecule has 5 nitrogen and oxygen atoms in total. The van der Waals surface area contributed by atoms with Gasteiger partial charge < -0.3 is 20.2 Å². The molecule has 0 radical (unpaired) electrons. The third-order valence-electron chi connectivity index (χ3n) is 2.92.